The van der Waals surface area contributed by atoms with Gasteiger partial charge in [-0.15, -0.1) is 5.10 Å². The minimum atomic E-state index is -3.59. The molecule has 1 N–H and O–H groups in total. The van der Waals surface area contributed by atoms with Gasteiger partial charge in [-0.05, 0) is 32.7 Å². The molecule has 1 aliphatic rings. The Kier molecular flexibility index (Phi) is 3.35. The van der Waals surface area contributed by atoms with Crippen molar-refractivity contribution in [1.82, 2.24) is 19.7 Å². The van der Waals surface area contributed by atoms with Crippen LogP contribution in [0.3, 0.4) is 0 Å². The zero-order valence-corrected chi connectivity index (χ0v) is 14.1. The molecule has 1 aromatic rings. The van der Waals surface area contributed by atoms with Crippen molar-refractivity contribution in [2.75, 3.05) is 6.54 Å². The van der Waals surface area contributed by atoms with Crippen molar-refractivity contribution in [1.29, 1.82) is 0 Å². The first-order chi connectivity index (χ1) is 8.52. The summed E-state index contributed by atoms with van der Waals surface area (Å²) in [6.45, 7) is 9.07. The van der Waals surface area contributed by atoms with Gasteiger partial charge in [0.25, 0.3) is 10.0 Å². The van der Waals surface area contributed by atoms with Crippen molar-refractivity contribution in [3.8, 4) is 0 Å². The Morgan fingerprint density at radius 1 is 1.32 bits per heavy atom. The number of hydrogen-bond acceptors (Lipinski definition) is 4. The Morgan fingerprint density at radius 2 is 1.84 bits per heavy atom. The van der Waals surface area contributed by atoms with Gasteiger partial charge in [0.2, 0.25) is 5.03 Å². The van der Waals surface area contributed by atoms with E-state index in [-0.39, 0.29) is 20.5 Å². The van der Waals surface area contributed by atoms with E-state index in [1.54, 1.807) is 7.05 Å². The number of halogens is 1. The molecule has 2 rings (SSSR count). The molecule has 6 nitrogen and oxygen atoms in total. The van der Waals surface area contributed by atoms with Gasteiger partial charge in [-0.1, -0.05) is 32.9 Å². The quantitative estimate of drug-likeness (QED) is 0.893. The minimum Gasteiger partial charge on any atom is -0.235 e. The first-order valence-corrected chi connectivity index (χ1v) is 8.34. The third-order valence-corrected chi connectivity index (χ3v) is 7.10. The van der Waals surface area contributed by atoms with Gasteiger partial charge in [-0.2, -0.15) is 0 Å². The summed E-state index contributed by atoms with van der Waals surface area (Å²) in [4.78, 5) is 0. The van der Waals surface area contributed by atoms with E-state index in [9.17, 15) is 8.42 Å². The van der Waals surface area contributed by atoms with Gasteiger partial charge in [0.1, 0.15) is 0 Å². The molecule has 0 bridgehead atoms. The molecule has 0 radical (unpaired) electrons. The summed E-state index contributed by atoms with van der Waals surface area (Å²) in [5, 5.41) is 7.43. The lowest BCUT2D eigenvalue weighted by Crippen LogP contribution is -2.29. The fourth-order valence-corrected chi connectivity index (χ4v) is 4.85. The van der Waals surface area contributed by atoms with Crippen LogP contribution in [0.15, 0.2) is 9.63 Å². The summed E-state index contributed by atoms with van der Waals surface area (Å²) in [7, 11) is -2.04. The van der Waals surface area contributed by atoms with Crippen molar-refractivity contribution in [2.45, 2.75) is 32.7 Å². The van der Waals surface area contributed by atoms with E-state index in [2.05, 4.69) is 58.7 Å². The number of nitrogens with one attached hydrogen (secondary N) is 1. The highest BCUT2D eigenvalue weighted by atomic mass is 79.9. The second-order valence-electron chi connectivity index (χ2n) is 6.16. The smallest absolute Gasteiger partial charge is 0.235 e. The highest BCUT2D eigenvalue weighted by Crippen LogP contribution is 2.67. The van der Waals surface area contributed by atoms with Gasteiger partial charge >= 0.3 is 0 Å². The average Bonchev–Trinajstić information content (AvgIpc) is 2.54. The molecule has 0 atom stereocenters. The summed E-state index contributed by atoms with van der Waals surface area (Å²) >= 11 is 3.11. The van der Waals surface area contributed by atoms with E-state index in [0.29, 0.717) is 12.5 Å². The molecule has 108 valence electrons. The minimum absolute atomic E-state index is 0.0590. The van der Waals surface area contributed by atoms with Crippen LogP contribution in [0.5, 0.6) is 0 Å². The molecule has 1 fully saturated rings. The predicted molar refractivity (Wildman–Crippen MR) is 74.9 cm³/mol. The van der Waals surface area contributed by atoms with Crippen LogP contribution in [0, 0.1) is 16.7 Å². The SMILES string of the molecule is Cn1nnc(Br)c1S(=O)(=O)NCC1C(C)(C)C1(C)C. The standard InChI is InChI=1S/C11H19BrN4O2S/c1-10(2)7(11(10,3)4)6-13-19(17,18)9-8(12)14-15-16(9)5/h7,13H,6H2,1-5H3. The maximum absolute atomic E-state index is 12.2. The lowest BCUT2D eigenvalue weighted by molar-refractivity contribution is 0.457. The summed E-state index contributed by atoms with van der Waals surface area (Å²) < 4.78 is 28.6. The lowest BCUT2D eigenvalue weighted by Gasteiger charge is -2.07. The molecule has 0 spiro atoms. The molecule has 0 amide bonds. The highest BCUT2D eigenvalue weighted by molar-refractivity contribution is 9.10. The van der Waals surface area contributed by atoms with Gasteiger partial charge in [-0.25, -0.2) is 17.8 Å². The van der Waals surface area contributed by atoms with Crippen LogP contribution in [0.25, 0.3) is 0 Å². The van der Waals surface area contributed by atoms with Crippen LogP contribution in [0.1, 0.15) is 27.7 Å². The third kappa shape index (κ3) is 2.23. The first kappa shape index (κ1) is 14.9. The van der Waals surface area contributed by atoms with E-state index in [0.717, 1.165) is 0 Å². The number of sulfonamides is 1. The van der Waals surface area contributed by atoms with Crippen molar-refractivity contribution >= 4 is 26.0 Å². The summed E-state index contributed by atoms with van der Waals surface area (Å²) in [6, 6.07) is 0. The average molecular weight is 351 g/mol. The molecule has 0 saturated heterocycles. The van der Waals surface area contributed by atoms with Gasteiger partial charge in [0.15, 0.2) is 4.60 Å². The van der Waals surface area contributed by atoms with Crippen molar-refractivity contribution in [3.05, 3.63) is 4.60 Å². The Bertz CT molecular complexity index is 573. The summed E-state index contributed by atoms with van der Waals surface area (Å²) in [5.74, 6) is 0.328. The molecule has 0 unspecified atom stereocenters. The largest absolute Gasteiger partial charge is 0.260 e. The van der Waals surface area contributed by atoms with E-state index in [1.807, 2.05) is 0 Å². The monoisotopic (exact) mass is 350 g/mol. The van der Waals surface area contributed by atoms with E-state index < -0.39 is 10.0 Å². The molecule has 1 saturated carbocycles. The normalized spacial score (nSPS) is 21.6. The van der Waals surface area contributed by atoms with Crippen LogP contribution >= 0.6 is 15.9 Å². The zero-order chi connectivity index (χ0) is 14.6. The van der Waals surface area contributed by atoms with Crippen molar-refractivity contribution in [3.63, 3.8) is 0 Å². The van der Waals surface area contributed by atoms with Crippen molar-refractivity contribution < 1.29 is 8.42 Å². The Labute approximate surface area is 122 Å². The Morgan fingerprint density at radius 3 is 2.21 bits per heavy atom. The Balaban J connectivity index is 2.13. The van der Waals surface area contributed by atoms with Gasteiger partial charge in [-0.3, -0.25) is 0 Å². The second-order valence-corrected chi connectivity index (χ2v) is 8.59. The fourth-order valence-electron chi connectivity index (χ4n) is 2.71. The van der Waals surface area contributed by atoms with E-state index in [1.165, 1.54) is 4.68 Å². The molecule has 8 heteroatoms. The van der Waals surface area contributed by atoms with Gasteiger partial charge in [0.05, 0.1) is 0 Å². The molecule has 0 aliphatic heterocycles. The van der Waals surface area contributed by atoms with Crippen LogP contribution in [-0.2, 0) is 17.1 Å². The molecular formula is C11H19BrN4O2S. The molecule has 1 aromatic heterocycles. The number of aromatic nitrogens is 3. The number of aryl methyl sites for hydroxylation is 1. The number of nitrogens with zero attached hydrogens (tertiary/aromatic N) is 3. The fraction of sp³-hybridized carbons (Fsp3) is 0.818. The first-order valence-electron chi connectivity index (χ1n) is 6.06. The van der Waals surface area contributed by atoms with E-state index >= 15 is 0 Å². The van der Waals surface area contributed by atoms with E-state index in [4.69, 9.17) is 0 Å². The maximum Gasteiger partial charge on any atom is 0.260 e. The van der Waals surface area contributed by atoms with Crippen molar-refractivity contribution in [2.24, 2.45) is 23.8 Å². The number of rotatable bonds is 4. The van der Waals surface area contributed by atoms with Crippen LogP contribution in [0.2, 0.25) is 0 Å². The maximum atomic E-state index is 12.2. The molecular weight excluding hydrogens is 332 g/mol. The predicted octanol–water partition coefficient (Wildman–Crippen LogP) is 1.54. The van der Waals surface area contributed by atoms with Crippen LogP contribution in [0.4, 0.5) is 0 Å². The van der Waals surface area contributed by atoms with Crippen LogP contribution in [-0.4, -0.2) is 30.0 Å². The molecule has 0 aromatic carbocycles. The molecule has 1 aliphatic carbocycles. The van der Waals surface area contributed by atoms with Crippen LogP contribution < -0.4 is 4.72 Å². The third-order valence-electron chi connectivity index (χ3n) is 4.79. The second kappa shape index (κ2) is 4.26. The summed E-state index contributed by atoms with van der Waals surface area (Å²) in [5.41, 5.74) is 0.301. The van der Waals surface area contributed by atoms with Gasteiger partial charge in [0, 0.05) is 13.6 Å². The highest BCUT2D eigenvalue weighted by Gasteiger charge is 2.64. The molecule has 1 heterocycles. The zero-order valence-electron chi connectivity index (χ0n) is 11.7. The Hall–Kier alpha value is -0.470. The van der Waals surface area contributed by atoms with Gasteiger partial charge < -0.3 is 0 Å². The lowest BCUT2D eigenvalue weighted by atomic mass is 10.0. The topological polar surface area (TPSA) is 76.9 Å². The summed E-state index contributed by atoms with van der Waals surface area (Å²) in [6.07, 6.45) is 0. The number of hydrogen-bond donors (Lipinski definition) is 1. The molecule has 19 heavy (non-hydrogen) atoms.